The predicted molar refractivity (Wildman–Crippen MR) is 138 cm³/mol. The SMILES string of the molecule is CNC.Cc1nc2ccc(C3=CCC4C3(C)CC=C3C=C5CC(O)CCC5CC[C@@]34O)cc2[nH]1. The number of rotatable bonds is 1. The van der Waals surface area contributed by atoms with Crippen LogP contribution < -0.4 is 5.32 Å². The summed E-state index contributed by atoms with van der Waals surface area (Å²) in [6.07, 6.45) is 13.1. The lowest BCUT2D eigenvalue weighted by molar-refractivity contribution is -0.0330. The van der Waals surface area contributed by atoms with Gasteiger partial charge in [0.2, 0.25) is 0 Å². The lowest BCUT2D eigenvalue weighted by Crippen LogP contribution is -2.48. The van der Waals surface area contributed by atoms with E-state index in [9.17, 15) is 10.2 Å². The van der Waals surface area contributed by atoms with Crippen LogP contribution in [0.1, 0.15) is 63.3 Å². The maximum absolute atomic E-state index is 12.1. The zero-order valence-corrected chi connectivity index (χ0v) is 21.0. The number of nitrogens with one attached hydrogen (secondary N) is 2. The van der Waals surface area contributed by atoms with Gasteiger partial charge < -0.3 is 20.5 Å². The average Bonchev–Trinajstić information content (AvgIpc) is 3.30. The first kappa shape index (κ1) is 23.5. The molecule has 1 saturated carbocycles. The molecule has 34 heavy (non-hydrogen) atoms. The predicted octanol–water partition coefficient (Wildman–Crippen LogP) is 5.06. The second-order valence-electron chi connectivity index (χ2n) is 11.1. The van der Waals surface area contributed by atoms with Crippen LogP contribution in [0, 0.1) is 24.2 Å². The van der Waals surface area contributed by atoms with E-state index in [1.807, 2.05) is 21.0 Å². The van der Waals surface area contributed by atoms with Crippen LogP contribution in [0.2, 0.25) is 0 Å². The normalized spacial score (nSPS) is 34.5. The number of aliphatic hydroxyl groups is 2. The standard InChI is InChI=1S/C27H32N2O2.C2H7N/c1-16-28-23-7-4-18(15-24(23)29-16)22-6-8-25-26(22,2)11-10-20-13-19-14-21(30)5-3-17(19)9-12-27(20,25)31;1-3-2/h4,6-7,10,13,15,17,21,25,30-31H,3,5,8-9,11-12,14H2,1-2H3,(H,28,29);3H,1-2H3/t17?,21?,25?,26?,27-;/m1./s1. The highest BCUT2D eigenvalue weighted by atomic mass is 16.3. The average molecular weight is 462 g/mol. The van der Waals surface area contributed by atoms with Gasteiger partial charge in [-0.15, -0.1) is 0 Å². The molecule has 4 aliphatic rings. The van der Waals surface area contributed by atoms with Crippen molar-refractivity contribution in [2.45, 2.75) is 70.5 Å². The van der Waals surface area contributed by atoms with E-state index in [1.165, 1.54) is 16.7 Å². The maximum atomic E-state index is 12.1. The van der Waals surface area contributed by atoms with Crippen LogP contribution in [0.15, 0.2) is 47.6 Å². The first-order chi connectivity index (χ1) is 16.3. The Morgan fingerprint density at radius 1 is 1.15 bits per heavy atom. The largest absolute Gasteiger partial charge is 0.393 e. The first-order valence-electron chi connectivity index (χ1n) is 12.9. The molecule has 0 amide bonds. The summed E-state index contributed by atoms with van der Waals surface area (Å²) < 4.78 is 0. The fraction of sp³-hybridized carbons (Fsp3) is 0.552. The molecule has 1 aromatic heterocycles. The molecule has 4 aliphatic carbocycles. The minimum absolute atomic E-state index is 0.0749. The van der Waals surface area contributed by atoms with Crippen molar-refractivity contribution in [1.82, 2.24) is 15.3 Å². The number of aliphatic hydroxyl groups excluding tert-OH is 1. The smallest absolute Gasteiger partial charge is 0.104 e. The Balaban J connectivity index is 0.000000764. The van der Waals surface area contributed by atoms with Crippen LogP contribution >= 0.6 is 0 Å². The van der Waals surface area contributed by atoms with Crippen LogP contribution in [0.3, 0.4) is 0 Å². The van der Waals surface area contributed by atoms with Crippen molar-refractivity contribution in [3.63, 3.8) is 0 Å². The summed E-state index contributed by atoms with van der Waals surface area (Å²) in [4.78, 5) is 7.92. The number of hydrogen-bond donors (Lipinski definition) is 4. The second kappa shape index (κ2) is 8.78. The number of fused-ring (bicyclic) bond motifs is 5. The Morgan fingerprint density at radius 2 is 1.94 bits per heavy atom. The van der Waals surface area contributed by atoms with Gasteiger partial charge in [0.15, 0.2) is 0 Å². The van der Waals surface area contributed by atoms with Crippen LogP contribution in [-0.4, -0.2) is 46.0 Å². The molecule has 1 aromatic carbocycles. The highest BCUT2D eigenvalue weighted by molar-refractivity contribution is 5.83. The number of aryl methyl sites for hydroxylation is 1. The van der Waals surface area contributed by atoms with E-state index < -0.39 is 5.60 Å². The molecule has 0 spiro atoms. The summed E-state index contributed by atoms with van der Waals surface area (Å²) in [6.45, 7) is 4.34. The van der Waals surface area contributed by atoms with Gasteiger partial charge in [0, 0.05) is 11.3 Å². The van der Waals surface area contributed by atoms with Gasteiger partial charge >= 0.3 is 0 Å². The van der Waals surface area contributed by atoms with E-state index in [0.29, 0.717) is 5.92 Å². The summed E-state index contributed by atoms with van der Waals surface area (Å²) >= 11 is 0. The van der Waals surface area contributed by atoms with Gasteiger partial charge in [0.1, 0.15) is 5.82 Å². The van der Waals surface area contributed by atoms with Crippen LogP contribution in [-0.2, 0) is 0 Å². The lowest BCUT2D eigenvalue weighted by Gasteiger charge is -2.48. The number of imidazole rings is 1. The Hall–Kier alpha value is -2.21. The number of aromatic nitrogens is 2. The molecule has 2 aromatic rings. The highest BCUT2D eigenvalue weighted by Gasteiger charge is 2.55. The van der Waals surface area contributed by atoms with Gasteiger partial charge in [-0.25, -0.2) is 4.98 Å². The molecular weight excluding hydrogens is 422 g/mol. The van der Waals surface area contributed by atoms with E-state index in [4.69, 9.17) is 0 Å². The molecule has 5 atom stereocenters. The topological polar surface area (TPSA) is 81.2 Å². The number of H-pyrrole nitrogens is 1. The minimum Gasteiger partial charge on any atom is -0.393 e. The number of nitrogens with zero attached hydrogens (tertiary/aromatic N) is 1. The molecule has 5 heteroatoms. The molecule has 1 fully saturated rings. The van der Waals surface area contributed by atoms with E-state index in [1.54, 1.807) is 0 Å². The van der Waals surface area contributed by atoms with E-state index in [2.05, 4.69) is 58.6 Å². The van der Waals surface area contributed by atoms with E-state index >= 15 is 0 Å². The van der Waals surface area contributed by atoms with Gasteiger partial charge in [0.25, 0.3) is 0 Å². The summed E-state index contributed by atoms with van der Waals surface area (Å²) in [5, 5.41) is 25.1. The fourth-order valence-electron chi connectivity index (χ4n) is 7.07. The van der Waals surface area contributed by atoms with Crippen LogP contribution in [0.25, 0.3) is 16.6 Å². The van der Waals surface area contributed by atoms with Crippen molar-refractivity contribution in [3.05, 3.63) is 59.0 Å². The second-order valence-corrected chi connectivity index (χ2v) is 11.1. The van der Waals surface area contributed by atoms with Gasteiger partial charge in [-0.3, -0.25) is 0 Å². The van der Waals surface area contributed by atoms with Crippen molar-refractivity contribution >= 4 is 16.6 Å². The highest BCUT2D eigenvalue weighted by Crippen LogP contribution is 2.61. The monoisotopic (exact) mass is 461 g/mol. The molecule has 5 nitrogen and oxygen atoms in total. The molecule has 4 unspecified atom stereocenters. The zero-order valence-electron chi connectivity index (χ0n) is 21.0. The Morgan fingerprint density at radius 3 is 2.74 bits per heavy atom. The van der Waals surface area contributed by atoms with E-state index in [-0.39, 0.29) is 17.4 Å². The summed E-state index contributed by atoms with van der Waals surface area (Å²) in [7, 11) is 3.75. The quantitative estimate of drug-likeness (QED) is 0.479. The number of allylic oxidation sites excluding steroid dienone is 3. The van der Waals surface area contributed by atoms with E-state index in [0.717, 1.165) is 67.4 Å². The third-order valence-electron chi connectivity index (χ3n) is 8.73. The molecule has 6 rings (SSSR count). The molecule has 4 N–H and O–H groups in total. The third-order valence-corrected chi connectivity index (χ3v) is 8.73. The molecule has 1 heterocycles. The molecule has 182 valence electrons. The summed E-state index contributed by atoms with van der Waals surface area (Å²) in [5.74, 6) is 1.65. The van der Waals surface area contributed by atoms with Crippen molar-refractivity contribution in [1.29, 1.82) is 0 Å². The van der Waals surface area contributed by atoms with Gasteiger partial charge in [-0.1, -0.05) is 36.8 Å². The molecule has 0 radical (unpaired) electrons. The van der Waals surface area contributed by atoms with Gasteiger partial charge in [0.05, 0.1) is 22.7 Å². The van der Waals surface area contributed by atoms with Crippen LogP contribution in [0.5, 0.6) is 0 Å². The third kappa shape index (κ3) is 3.78. The van der Waals surface area contributed by atoms with Crippen LogP contribution in [0.4, 0.5) is 0 Å². The van der Waals surface area contributed by atoms with Crippen molar-refractivity contribution in [2.75, 3.05) is 14.1 Å². The zero-order chi connectivity index (χ0) is 24.1. The maximum Gasteiger partial charge on any atom is 0.104 e. The van der Waals surface area contributed by atoms with Crippen molar-refractivity contribution < 1.29 is 10.2 Å². The molecule has 0 bridgehead atoms. The summed E-state index contributed by atoms with van der Waals surface area (Å²) in [5.41, 5.74) is 6.29. The lowest BCUT2D eigenvalue weighted by atomic mass is 9.58. The number of benzene rings is 1. The number of aromatic amines is 1. The fourth-order valence-corrected chi connectivity index (χ4v) is 7.07. The molecule has 0 saturated heterocycles. The van der Waals surface area contributed by atoms with Crippen molar-refractivity contribution in [3.8, 4) is 0 Å². The minimum atomic E-state index is -0.783. The Labute approximate surface area is 203 Å². The summed E-state index contributed by atoms with van der Waals surface area (Å²) in [6, 6.07) is 6.52. The number of hydrogen-bond acceptors (Lipinski definition) is 4. The first-order valence-corrected chi connectivity index (χ1v) is 12.9. The molecular formula is C29H39N3O2. The van der Waals surface area contributed by atoms with Gasteiger partial charge in [-0.05, 0) is 101 Å². The Kier molecular flexibility index (Phi) is 6.07. The molecule has 0 aliphatic heterocycles. The van der Waals surface area contributed by atoms with Gasteiger partial charge in [-0.2, -0.15) is 0 Å². The Bertz CT molecular complexity index is 1180. The van der Waals surface area contributed by atoms with Crippen molar-refractivity contribution in [2.24, 2.45) is 17.3 Å².